The maximum atomic E-state index is 15.2. The summed E-state index contributed by atoms with van der Waals surface area (Å²) in [7, 11) is 0. The van der Waals surface area contributed by atoms with Crippen molar-refractivity contribution in [1.82, 2.24) is 0 Å². The van der Waals surface area contributed by atoms with Gasteiger partial charge in [0.05, 0.1) is 12.2 Å². The predicted octanol–water partition coefficient (Wildman–Crippen LogP) is 9.94. The van der Waals surface area contributed by atoms with Crippen molar-refractivity contribution in [2.24, 2.45) is 0 Å². The van der Waals surface area contributed by atoms with Gasteiger partial charge in [-0.1, -0.05) is 69.0 Å². The molecule has 6 heteroatoms. The molecule has 0 bridgehead atoms. The number of ether oxygens (including phenoxy) is 1. The molecule has 0 amide bonds. The summed E-state index contributed by atoms with van der Waals surface area (Å²) in [5.41, 5.74) is 1.53. The lowest BCUT2D eigenvalue weighted by Gasteiger charge is -2.11. The first-order valence-corrected chi connectivity index (χ1v) is 13.1. The Bertz CT molecular complexity index is 1360. The van der Waals surface area contributed by atoms with Crippen molar-refractivity contribution in [3.05, 3.63) is 101 Å². The highest BCUT2D eigenvalue weighted by molar-refractivity contribution is 5.88. The molecule has 0 saturated carbocycles. The van der Waals surface area contributed by atoms with E-state index in [0.717, 1.165) is 25.0 Å². The molecule has 4 rings (SSSR count). The minimum absolute atomic E-state index is 0.351. The van der Waals surface area contributed by atoms with Gasteiger partial charge in [-0.25, -0.2) is 8.78 Å². The molecule has 0 aliphatic carbocycles. The number of fused-ring (bicyclic) bond motifs is 1. The second kappa shape index (κ2) is 12.4. The lowest BCUT2D eigenvalue weighted by atomic mass is 9.97. The summed E-state index contributed by atoms with van der Waals surface area (Å²) in [6.07, 6.45) is 1.99. The van der Waals surface area contributed by atoms with E-state index >= 15 is 4.39 Å². The Labute approximate surface area is 220 Å². The van der Waals surface area contributed by atoms with Crippen molar-refractivity contribution in [2.75, 3.05) is 6.61 Å². The van der Waals surface area contributed by atoms with Crippen molar-refractivity contribution in [1.29, 1.82) is 0 Å². The molecule has 0 atom stereocenters. The Kier molecular flexibility index (Phi) is 9.03. The third-order valence-electron chi connectivity index (χ3n) is 6.77. The zero-order chi connectivity index (χ0) is 27.1. The summed E-state index contributed by atoms with van der Waals surface area (Å²) >= 11 is 0. The molecule has 0 N–H and O–H groups in total. The van der Waals surface area contributed by atoms with E-state index in [2.05, 4.69) is 6.92 Å². The van der Waals surface area contributed by atoms with Crippen molar-refractivity contribution < 1.29 is 26.7 Å². The standard InChI is InChI=1S/C32H31F5O/c1-2-3-4-5-6-19-38-27-16-18-28(30(33)21-27)24-13-17-29-25(20-24)12-11-23(31(29)34)10-7-22-8-14-26(15-9-22)32(35,36)37/h8-9,11-18,20-21H,2-7,10,19H2,1H3. The first kappa shape index (κ1) is 27.6. The third kappa shape index (κ3) is 6.91. The van der Waals surface area contributed by atoms with Crippen LogP contribution in [0.3, 0.4) is 0 Å². The summed E-state index contributed by atoms with van der Waals surface area (Å²) in [6, 6.07) is 18.3. The highest BCUT2D eigenvalue weighted by Crippen LogP contribution is 2.32. The molecule has 200 valence electrons. The Morgan fingerprint density at radius 2 is 1.50 bits per heavy atom. The second-order valence-corrected chi connectivity index (χ2v) is 9.57. The molecule has 0 fully saturated rings. The highest BCUT2D eigenvalue weighted by atomic mass is 19.4. The Morgan fingerprint density at radius 1 is 0.737 bits per heavy atom. The lowest BCUT2D eigenvalue weighted by Crippen LogP contribution is -2.04. The molecular formula is C32H31F5O. The van der Waals surface area contributed by atoms with Crippen molar-refractivity contribution in [3.63, 3.8) is 0 Å². The minimum atomic E-state index is -4.38. The van der Waals surface area contributed by atoms with Crippen LogP contribution in [0.15, 0.2) is 72.8 Å². The van der Waals surface area contributed by atoms with E-state index < -0.39 is 17.6 Å². The number of hydrogen-bond donors (Lipinski definition) is 0. The molecular weight excluding hydrogens is 495 g/mol. The zero-order valence-electron chi connectivity index (χ0n) is 21.4. The Hall–Kier alpha value is -3.41. The van der Waals surface area contributed by atoms with E-state index in [1.165, 1.54) is 37.5 Å². The fraction of sp³-hybridized carbons (Fsp3) is 0.312. The predicted molar refractivity (Wildman–Crippen MR) is 142 cm³/mol. The fourth-order valence-corrected chi connectivity index (χ4v) is 4.55. The minimum Gasteiger partial charge on any atom is -0.493 e. The SMILES string of the molecule is CCCCCCCOc1ccc(-c2ccc3c(F)c(CCc4ccc(C(F)(F)F)cc4)ccc3c2)c(F)c1. The summed E-state index contributed by atoms with van der Waals surface area (Å²) in [5.74, 6) is -0.281. The molecule has 0 unspecified atom stereocenters. The van der Waals surface area contributed by atoms with Gasteiger partial charge in [0.2, 0.25) is 0 Å². The van der Waals surface area contributed by atoms with Crippen LogP contribution in [0.2, 0.25) is 0 Å². The van der Waals surface area contributed by atoms with Crippen molar-refractivity contribution in [3.8, 4) is 16.9 Å². The number of hydrogen-bond acceptors (Lipinski definition) is 1. The van der Waals surface area contributed by atoms with Crippen LogP contribution < -0.4 is 4.74 Å². The molecule has 0 saturated heterocycles. The van der Waals surface area contributed by atoms with Crippen LogP contribution in [0, 0.1) is 11.6 Å². The molecule has 0 aliphatic rings. The van der Waals surface area contributed by atoms with Crippen LogP contribution in [0.5, 0.6) is 5.75 Å². The van der Waals surface area contributed by atoms with Gasteiger partial charge in [-0.05, 0) is 71.7 Å². The van der Waals surface area contributed by atoms with Gasteiger partial charge in [0.15, 0.2) is 0 Å². The van der Waals surface area contributed by atoms with Crippen LogP contribution in [-0.2, 0) is 19.0 Å². The van der Waals surface area contributed by atoms with Gasteiger partial charge >= 0.3 is 6.18 Å². The lowest BCUT2D eigenvalue weighted by molar-refractivity contribution is -0.137. The number of rotatable bonds is 11. The summed E-state index contributed by atoms with van der Waals surface area (Å²) in [6.45, 7) is 2.72. The molecule has 0 heterocycles. The van der Waals surface area contributed by atoms with E-state index in [1.54, 1.807) is 42.5 Å². The molecule has 0 aromatic heterocycles. The maximum Gasteiger partial charge on any atom is 0.416 e. The van der Waals surface area contributed by atoms with Crippen LogP contribution in [0.4, 0.5) is 22.0 Å². The highest BCUT2D eigenvalue weighted by Gasteiger charge is 2.29. The molecule has 0 aliphatic heterocycles. The molecule has 4 aromatic carbocycles. The van der Waals surface area contributed by atoms with E-state index in [1.807, 2.05) is 0 Å². The summed E-state index contributed by atoms with van der Waals surface area (Å²) < 4.78 is 74.1. The quantitative estimate of drug-likeness (QED) is 0.140. The second-order valence-electron chi connectivity index (χ2n) is 9.57. The maximum absolute atomic E-state index is 15.2. The average Bonchev–Trinajstić information content (AvgIpc) is 2.90. The normalized spacial score (nSPS) is 11.7. The number of alkyl halides is 3. The molecule has 0 radical (unpaired) electrons. The largest absolute Gasteiger partial charge is 0.493 e. The van der Waals surface area contributed by atoms with Crippen LogP contribution in [0.1, 0.15) is 55.7 Å². The number of unbranched alkanes of at least 4 members (excludes halogenated alkanes) is 4. The van der Waals surface area contributed by atoms with E-state index in [9.17, 15) is 17.6 Å². The molecule has 1 nitrogen and oxygen atoms in total. The van der Waals surface area contributed by atoms with Gasteiger partial charge in [-0.15, -0.1) is 0 Å². The molecule has 4 aromatic rings. The van der Waals surface area contributed by atoms with Gasteiger partial charge < -0.3 is 4.74 Å². The van der Waals surface area contributed by atoms with E-state index in [4.69, 9.17) is 4.74 Å². The summed E-state index contributed by atoms with van der Waals surface area (Å²) in [5, 5.41) is 1.06. The van der Waals surface area contributed by atoms with E-state index in [0.29, 0.717) is 58.2 Å². The first-order valence-electron chi connectivity index (χ1n) is 13.1. The fourth-order valence-electron chi connectivity index (χ4n) is 4.55. The summed E-state index contributed by atoms with van der Waals surface area (Å²) in [4.78, 5) is 0. The van der Waals surface area contributed by atoms with Gasteiger partial charge in [0.1, 0.15) is 17.4 Å². The van der Waals surface area contributed by atoms with E-state index in [-0.39, 0.29) is 5.82 Å². The average molecular weight is 527 g/mol. The van der Waals surface area contributed by atoms with Crippen LogP contribution >= 0.6 is 0 Å². The zero-order valence-corrected chi connectivity index (χ0v) is 21.4. The molecule has 0 spiro atoms. The van der Waals surface area contributed by atoms with Gasteiger partial charge in [0, 0.05) is 17.0 Å². The van der Waals surface area contributed by atoms with Gasteiger partial charge in [0.25, 0.3) is 0 Å². The monoisotopic (exact) mass is 526 g/mol. The van der Waals surface area contributed by atoms with Gasteiger partial charge in [-0.3, -0.25) is 0 Å². The smallest absolute Gasteiger partial charge is 0.416 e. The van der Waals surface area contributed by atoms with Crippen LogP contribution in [0.25, 0.3) is 21.9 Å². The van der Waals surface area contributed by atoms with Gasteiger partial charge in [-0.2, -0.15) is 13.2 Å². The van der Waals surface area contributed by atoms with Crippen molar-refractivity contribution >= 4 is 10.8 Å². The Morgan fingerprint density at radius 3 is 2.21 bits per heavy atom. The van der Waals surface area contributed by atoms with Crippen molar-refractivity contribution in [2.45, 2.75) is 58.0 Å². The number of halogens is 5. The topological polar surface area (TPSA) is 9.23 Å². The van der Waals surface area contributed by atoms with Crippen LogP contribution in [-0.4, -0.2) is 6.61 Å². The number of aryl methyl sites for hydroxylation is 2. The third-order valence-corrected chi connectivity index (χ3v) is 6.77. The Balaban J connectivity index is 1.42. The molecule has 38 heavy (non-hydrogen) atoms. The number of benzene rings is 4. The first-order chi connectivity index (χ1) is 18.3.